The van der Waals surface area contributed by atoms with Crippen molar-refractivity contribution in [3.8, 4) is 0 Å². The number of nitrogens with zero attached hydrogens (tertiary/aromatic N) is 3. The number of rotatable bonds is 5. The SMILES string of the molecule is CCN(c1cccc(C)c1)c1ncc(C(=O)Nc2c(C)cc(C)cc2C)cn1. The second-order valence-electron chi connectivity index (χ2n) is 7.08. The number of carbonyl (C=O) groups excluding carboxylic acids is 1. The maximum atomic E-state index is 12.7. The Kier molecular flexibility index (Phi) is 5.73. The van der Waals surface area contributed by atoms with Crippen LogP contribution in [0.1, 0.15) is 39.5 Å². The number of carbonyl (C=O) groups is 1. The third-order valence-electron chi connectivity index (χ3n) is 4.69. The highest BCUT2D eigenvalue weighted by Crippen LogP contribution is 2.24. The van der Waals surface area contributed by atoms with Gasteiger partial charge in [0.1, 0.15) is 0 Å². The lowest BCUT2D eigenvalue weighted by Gasteiger charge is -2.21. The fourth-order valence-electron chi connectivity index (χ4n) is 3.38. The zero-order valence-corrected chi connectivity index (χ0v) is 17.1. The summed E-state index contributed by atoms with van der Waals surface area (Å²) in [5.41, 5.74) is 6.75. The quantitative estimate of drug-likeness (QED) is 0.673. The Balaban J connectivity index is 1.81. The minimum absolute atomic E-state index is 0.208. The zero-order chi connectivity index (χ0) is 20.3. The van der Waals surface area contributed by atoms with E-state index in [9.17, 15) is 4.79 Å². The van der Waals surface area contributed by atoms with Gasteiger partial charge < -0.3 is 10.2 Å². The Hall–Kier alpha value is -3.21. The summed E-state index contributed by atoms with van der Waals surface area (Å²) in [6.45, 7) is 10.9. The van der Waals surface area contributed by atoms with Crippen LogP contribution in [0.25, 0.3) is 0 Å². The monoisotopic (exact) mass is 374 g/mol. The molecule has 0 saturated carbocycles. The standard InChI is InChI=1S/C23H26N4O/c1-6-27(20-9-7-8-15(2)12-20)23-24-13-19(14-25-23)22(28)26-21-17(4)10-16(3)11-18(21)5/h7-14H,6H2,1-5H3,(H,26,28). The maximum Gasteiger partial charge on any atom is 0.258 e. The van der Waals surface area contributed by atoms with Gasteiger partial charge in [-0.15, -0.1) is 0 Å². The van der Waals surface area contributed by atoms with Gasteiger partial charge in [0.25, 0.3) is 5.91 Å². The van der Waals surface area contributed by atoms with Gasteiger partial charge in [0.05, 0.1) is 5.56 Å². The van der Waals surface area contributed by atoms with E-state index in [0.29, 0.717) is 11.5 Å². The van der Waals surface area contributed by atoms with Crippen molar-refractivity contribution in [2.45, 2.75) is 34.6 Å². The van der Waals surface area contributed by atoms with Gasteiger partial charge in [-0.3, -0.25) is 4.79 Å². The van der Waals surface area contributed by atoms with Gasteiger partial charge in [-0.1, -0.05) is 29.8 Å². The van der Waals surface area contributed by atoms with Crippen LogP contribution in [0.2, 0.25) is 0 Å². The van der Waals surface area contributed by atoms with Crippen LogP contribution in [0.3, 0.4) is 0 Å². The molecule has 0 saturated heterocycles. The number of amides is 1. The number of nitrogens with one attached hydrogen (secondary N) is 1. The Bertz CT molecular complexity index is 973. The summed E-state index contributed by atoms with van der Waals surface area (Å²) < 4.78 is 0. The van der Waals surface area contributed by atoms with E-state index in [1.54, 1.807) is 12.4 Å². The van der Waals surface area contributed by atoms with Crippen LogP contribution in [0.4, 0.5) is 17.3 Å². The molecule has 0 bridgehead atoms. The molecule has 5 heteroatoms. The third-order valence-corrected chi connectivity index (χ3v) is 4.69. The summed E-state index contributed by atoms with van der Waals surface area (Å²) in [6, 6.07) is 12.3. The van der Waals surface area contributed by atoms with Crippen molar-refractivity contribution < 1.29 is 4.79 Å². The van der Waals surface area contributed by atoms with Crippen LogP contribution in [-0.4, -0.2) is 22.4 Å². The molecule has 0 fully saturated rings. The summed E-state index contributed by atoms with van der Waals surface area (Å²) in [6.07, 6.45) is 3.16. The van der Waals surface area contributed by atoms with Crippen molar-refractivity contribution in [3.05, 3.63) is 76.6 Å². The van der Waals surface area contributed by atoms with Crippen LogP contribution < -0.4 is 10.2 Å². The maximum absolute atomic E-state index is 12.7. The van der Waals surface area contributed by atoms with Crippen LogP contribution in [0.15, 0.2) is 48.8 Å². The van der Waals surface area contributed by atoms with E-state index in [4.69, 9.17) is 0 Å². The first kappa shape index (κ1) is 19.5. The van der Waals surface area contributed by atoms with Gasteiger partial charge in [0.15, 0.2) is 0 Å². The van der Waals surface area contributed by atoms with E-state index < -0.39 is 0 Å². The Morgan fingerprint density at radius 1 is 0.964 bits per heavy atom. The molecule has 3 aromatic rings. The molecule has 1 heterocycles. The van der Waals surface area contributed by atoms with E-state index in [1.165, 1.54) is 11.1 Å². The van der Waals surface area contributed by atoms with Gasteiger partial charge in [0.2, 0.25) is 5.95 Å². The second kappa shape index (κ2) is 8.21. The van der Waals surface area contributed by atoms with E-state index in [0.717, 1.165) is 29.0 Å². The molecule has 0 aliphatic carbocycles. The van der Waals surface area contributed by atoms with Gasteiger partial charge in [0, 0.05) is 30.3 Å². The number of aryl methyl sites for hydroxylation is 4. The Morgan fingerprint density at radius 2 is 1.61 bits per heavy atom. The number of hydrogen-bond donors (Lipinski definition) is 1. The molecule has 1 aromatic heterocycles. The Morgan fingerprint density at radius 3 is 2.18 bits per heavy atom. The van der Waals surface area contributed by atoms with Crippen molar-refractivity contribution in [2.24, 2.45) is 0 Å². The molecule has 0 aliphatic heterocycles. The summed E-state index contributed by atoms with van der Waals surface area (Å²) >= 11 is 0. The first-order chi connectivity index (χ1) is 13.4. The summed E-state index contributed by atoms with van der Waals surface area (Å²) in [7, 11) is 0. The highest BCUT2D eigenvalue weighted by molar-refractivity contribution is 6.04. The molecular formula is C23H26N4O. The average Bonchev–Trinajstić information content (AvgIpc) is 2.66. The molecule has 144 valence electrons. The van der Waals surface area contributed by atoms with E-state index >= 15 is 0 Å². The molecule has 2 aromatic carbocycles. The molecule has 3 rings (SSSR count). The lowest BCUT2D eigenvalue weighted by atomic mass is 10.0. The van der Waals surface area contributed by atoms with E-state index in [-0.39, 0.29) is 5.91 Å². The first-order valence-corrected chi connectivity index (χ1v) is 9.44. The van der Waals surface area contributed by atoms with Crippen molar-refractivity contribution in [1.29, 1.82) is 0 Å². The summed E-state index contributed by atoms with van der Waals surface area (Å²) in [5, 5.41) is 2.99. The van der Waals surface area contributed by atoms with E-state index in [2.05, 4.69) is 53.4 Å². The normalized spacial score (nSPS) is 10.6. The highest BCUT2D eigenvalue weighted by atomic mass is 16.1. The fraction of sp³-hybridized carbons (Fsp3) is 0.261. The minimum atomic E-state index is -0.208. The lowest BCUT2D eigenvalue weighted by Crippen LogP contribution is -2.20. The molecule has 0 unspecified atom stereocenters. The summed E-state index contributed by atoms with van der Waals surface area (Å²) in [5.74, 6) is 0.368. The molecular weight excluding hydrogens is 348 g/mol. The molecule has 28 heavy (non-hydrogen) atoms. The second-order valence-corrected chi connectivity index (χ2v) is 7.08. The van der Waals surface area contributed by atoms with Gasteiger partial charge >= 0.3 is 0 Å². The largest absolute Gasteiger partial charge is 0.321 e. The summed E-state index contributed by atoms with van der Waals surface area (Å²) in [4.78, 5) is 23.5. The molecule has 0 aliphatic rings. The topological polar surface area (TPSA) is 58.1 Å². The smallest absolute Gasteiger partial charge is 0.258 e. The molecule has 0 atom stereocenters. The lowest BCUT2D eigenvalue weighted by molar-refractivity contribution is 0.102. The average molecular weight is 374 g/mol. The zero-order valence-electron chi connectivity index (χ0n) is 17.1. The minimum Gasteiger partial charge on any atom is -0.321 e. The Labute approximate surface area is 166 Å². The molecule has 0 radical (unpaired) electrons. The highest BCUT2D eigenvalue weighted by Gasteiger charge is 2.14. The number of benzene rings is 2. The molecule has 1 amide bonds. The van der Waals surface area contributed by atoms with Crippen molar-refractivity contribution >= 4 is 23.2 Å². The number of anilines is 3. The molecule has 1 N–H and O–H groups in total. The van der Waals surface area contributed by atoms with Crippen LogP contribution >= 0.6 is 0 Å². The van der Waals surface area contributed by atoms with E-state index in [1.807, 2.05) is 37.8 Å². The molecule has 5 nitrogen and oxygen atoms in total. The van der Waals surface area contributed by atoms with Crippen molar-refractivity contribution in [1.82, 2.24) is 9.97 Å². The van der Waals surface area contributed by atoms with Crippen molar-refractivity contribution in [3.63, 3.8) is 0 Å². The third kappa shape index (κ3) is 4.19. The first-order valence-electron chi connectivity index (χ1n) is 9.44. The number of hydrogen-bond acceptors (Lipinski definition) is 4. The van der Waals surface area contributed by atoms with Crippen molar-refractivity contribution in [2.75, 3.05) is 16.8 Å². The molecule has 0 spiro atoms. The van der Waals surface area contributed by atoms with Crippen LogP contribution in [0, 0.1) is 27.7 Å². The van der Waals surface area contributed by atoms with Crippen LogP contribution in [-0.2, 0) is 0 Å². The van der Waals surface area contributed by atoms with Gasteiger partial charge in [-0.05, 0) is 63.4 Å². The van der Waals surface area contributed by atoms with Crippen LogP contribution in [0.5, 0.6) is 0 Å². The van der Waals surface area contributed by atoms with Gasteiger partial charge in [-0.2, -0.15) is 0 Å². The predicted molar refractivity (Wildman–Crippen MR) is 114 cm³/mol. The fourth-order valence-corrected chi connectivity index (χ4v) is 3.38. The number of aromatic nitrogens is 2. The predicted octanol–water partition coefficient (Wildman–Crippen LogP) is 5.12. The van der Waals surface area contributed by atoms with Gasteiger partial charge in [-0.25, -0.2) is 9.97 Å².